The molecule has 48 valence electrons. The molecule has 0 aliphatic heterocycles. The Morgan fingerprint density at radius 1 is 0.857 bits per heavy atom. The van der Waals surface area contributed by atoms with Crippen molar-refractivity contribution in [2.24, 2.45) is 0 Å². The van der Waals surface area contributed by atoms with Crippen LogP contribution < -0.4 is 37.2 Å². The Morgan fingerprint density at radius 3 is 0.857 bits per heavy atom. The average molecular weight is 311 g/mol. The Balaban J connectivity index is -0.00000000333. The maximum atomic E-state index is 4.81. The molecule has 0 amide bonds. The van der Waals surface area contributed by atoms with Gasteiger partial charge in [0.2, 0.25) is 0 Å². The average Bonchev–Trinajstić information content (AvgIpc) is 0.918. The molecule has 0 aromatic heterocycles. The van der Waals surface area contributed by atoms with Gasteiger partial charge in [0, 0.05) is 0 Å². The van der Waals surface area contributed by atoms with Crippen LogP contribution in [-0.4, -0.2) is 17.4 Å². The summed E-state index contributed by atoms with van der Waals surface area (Å²) in [5.41, 5.74) is 0. The standard InChI is InChI=1S/Al.5ClH.Pd/h;5*1H;/q+3;;;;;;+2/p-5. The molecule has 0 spiro atoms. The van der Waals surface area contributed by atoms with Crippen molar-refractivity contribution in [2.45, 2.75) is 0 Å². The fraction of sp³-hybridized carbons (Fsp3) is 0. The van der Waals surface area contributed by atoms with Gasteiger partial charge in [-0.15, -0.1) is 0 Å². The molecule has 0 aliphatic rings. The van der Waals surface area contributed by atoms with Crippen LogP contribution in [0.5, 0.6) is 0 Å². The topological polar surface area (TPSA) is 0 Å². The van der Waals surface area contributed by atoms with Crippen LogP contribution in [0, 0.1) is 0 Å². The summed E-state index contributed by atoms with van der Waals surface area (Å²) in [6.07, 6.45) is 0. The van der Waals surface area contributed by atoms with Gasteiger partial charge in [0.15, 0.2) is 0 Å². The summed E-state index contributed by atoms with van der Waals surface area (Å²) in [7, 11) is 9.63. The van der Waals surface area contributed by atoms with E-state index in [1.807, 2.05) is 0 Å². The van der Waals surface area contributed by atoms with Gasteiger partial charge < -0.3 is 37.2 Å². The third-order valence-electron chi connectivity index (χ3n) is 0. The van der Waals surface area contributed by atoms with E-state index in [1.165, 1.54) is 0 Å². The van der Waals surface area contributed by atoms with Crippen molar-refractivity contribution >= 4 is 36.4 Å². The van der Waals surface area contributed by atoms with E-state index in [0.717, 1.165) is 0 Å². The number of halogens is 5. The van der Waals surface area contributed by atoms with Gasteiger partial charge in [-0.3, -0.25) is 0 Å². The van der Waals surface area contributed by atoms with Crippen LogP contribution in [-0.2, 0) is 15.9 Å². The van der Waals surface area contributed by atoms with Crippen molar-refractivity contribution in [3.05, 3.63) is 0 Å². The molecule has 0 N–H and O–H groups in total. The predicted molar refractivity (Wildman–Crippen MR) is 17.5 cm³/mol. The predicted octanol–water partition coefficient (Wildman–Crippen LogP) is -7.99. The van der Waals surface area contributed by atoms with Crippen molar-refractivity contribution in [2.75, 3.05) is 0 Å². The Labute approximate surface area is 88.5 Å². The zero-order valence-corrected chi connectivity index (χ0v) is 9.27. The second kappa shape index (κ2) is 38.0. The van der Waals surface area contributed by atoms with E-state index in [-0.39, 0.29) is 70.5 Å². The summed E-state index contributed by atoms with van der Waals surface area (Å²) in [6.45, 7) is 0. The first-order chi connectivity index (χ1) is 1.41. The molecule has 0 atom stereocenters. The van der Waals surface area contributed by atoms with Gasteiger partial charge in [-0.2, -0.15) is 0 Å². The van der Waals surface area contributed by atoms with E-state index in [0.29, 0.717) is 0 Å². The van der Waals surface area contributed by atoms with Crippen LogP contribution >= 0.6 is 19.1 Å². The number of hydrogen-bond donors (Lipinski definition) is 0. The van der Waals surface area contributed by atoms with Crippen molar-refractivity contribution in [3.63, 3.8) is 0 Å². The van der Waals surface area contributed by atoms with Crippen molar-refractivity contribution in [1.29, 1.82) is 0 Å². The molecule has 0 aromatic rings. The molecular formula is AlCl5Pd. The zero-order chi connectivity index (χ0) is 2.71. The fourth-order valence-corrected chi connectivity index (χ4v) is 0. The molecule has 0 bridgehead atoms. The van der Waals surface area contributed by atoms with Gasteiger partial charge in [-0.1, -0.05) is 0 Å². The quantitative estimate of drug-likeness (QED) is 0.390. The van der Waals surface area contributed by atoms with Gasteiger partial charge in [-0.25, -0.2) is 0 Å². The monoisotopic (exact) mass is 308 g/mol. The van der Waals surface area contributed by atoms with Gasteiger partial charge in [-0.05, 0) is 0 Å². The van der Waals surface area contributed by atoms with Crippen LogP contribution in [0.15, 0.2) is 0 Å². The third-order valence-corrected chi connectivity index (χ3v) is 0. The summed E-state index contributed by atoms with van der Waals surface area (Å²) in [5.74, 6) is 0. The molecule has 7 heavy (non-hydrogen) atoms. The molecule has 0 fully saturated rings. The molecule has 0 saturated carbocycles. The zero-order valence-electron chi connectivity index (χ0n) is 2.78. The third kappa shape index (κ3) is 54.6. The molecule has 7 heteroatoms. The van der Waals surface area contributed by atoms with E-state index in [2.05, 4.69) is 0 Å². The minimum atomic E-state index is -0.106. The molecule has 0 heterocycles. The molecular weight excluding hydrogens is 311 g/mol. The van der Waals surface area contributed by atoms with Crippen molar-refractivity contribution < 1.29 is 53.2 Å². The van der Waals surface area contributed by atoms with E-state index in [1.54, 1.807) is 0 Å². The Morgan fingerprint density at radius 2 is 0.857 bits per heavy atom. The molecule has 0 rings (SSSR count). The van der Waals surface area contributed by atoms with Gasteiger partial charge in [0.25, 0.3) is 0 Å². The van der Waals surface area contributed by atoms with Crippen molar-refractivity contribution in [3.8, 4) is 0 Å². The Hall–Kier alpha value is 2.64. The maximum absolute atomic E-state index is 4.81. The number of rotatable bonds is 0. The minimum absolute atomic E-state index is 0. The summed E-state index contributed by atoms with van der Waals surface area (Å²) in [4.78, 5) is 0. The summed E-state index contributed by atoms with van der Waals surface area (Å²) in [5, 5.41) is 0. The SMILES string of the molecule is [Al+3].[Cl-].[Cl-].[Cl-].[Cl][Pd][Cl]. The van der Waals surface area contributed by atoms with E-state index < -0.39 is 0 Å². The van der Waals surface area contributed by atoms with Crippen LogP contribution in [0.4, 0.5) is 0 Å². The van der Waals surface area contributed by atoms with Gasteiger partial charge >= 0.3 is 52.4 Å². The van der Waals surface area contributed by atoms with Crippen LogP contribution in [0.2, 0.25) is 0 Å². The Bertz CT molecular complexity index is 8.04. The second-order valence-electron chi connectivity index (χ2n) is 0.0452. The second-order valence-corrected chi connectivity index (χ2v) is 2.41. The van der Waals surface area contributed by atoms with E-state index in [9.17, 15) is 0 Å². The van der Waals surface area contributed by atoms with Crippen LogP contribution in [0.1, 0.15) is 0 Å². The fourth-order valence-electron chi connectivity index (χ4n) is 0. The normalized spacial score (nSPS) is 3.14. The van der Waals surface area contributed by atoms with E-state index >= 15 is 0 Å². The molecule has 0 nitrogen and oxygen atoms in total. The summed E-state index contributed by atoms with van der Waals surface area (Å²) >= 11 is -0.106. The number of hydrogen-bond acceptors (Lipinski definition) is 0. The van der Waals surface area contributed by atoms with Crippen molar-refractivity contribution in [1.82, 2.24) is 0 Å². The molecule has 0 radical (unpaired) electrons. The molecule has 0 aliphatic carbocycles. The summed E-state index contributed by atoms with van der Waals surface area (Å²) < 4.78 is 0. The van der Waals surface area contributed by atoms with Crippen LogP contribution in [0.3, 0.4) is 0 Å². The summed E-state index contributed by atoms with van der Waals surface area (Å²) in [6, 6.07) is 0. The molecule has 0 aromatic carbocycles. The van der Waals surface area contributed by atoms with E-state index in [4.69, 9.17) is 19.1 Å². The first kappa shape index (κ1) is 33.4. The first-order valence-corrected chi connectivity index (χ1v) is 4.24. The van der Waals surface area contributed by atoms with Crippen LogP contribution in [0.25, 0.3) is 0 Å². The molecule has 0 unspecified atom stereocenters. The van der Waals surface area contributed by atoms with Gasteiger partial charge in [0.1, 0.15) is 0 Å². The Kier molecular flexibility index (Phi) is 182. The molecule has 0 saturated heterocycles. The first-order valence-electron chi connectivity index (χ1n) is 0.239. The van der Waals surface area contributed by atoms with Gasteiger partial charge in [0.05, 0.1) is 0 Å².